The first-order chi connectivity index (χ1) is 3.79. The Bertz CT molecular complexity index is 131. The lowest BCUT2D eigenvalue weighted by atomic mass is 10.1. The smallest absolute Gasteiger partial charge is 0.152 e. The van der Waals surface area contributed by atoms with Crippen molar-refractivity contribution in [2.45, 2.75) is 6.92 Å². The van der Waals surface area contributed by atoms with Crippen molar-refractivity contribution in [3.63, 3.8) is 0 Å². The van der Waals surface area contributed by atoms with Gasteiger partial charge >= 0.3 is 0 Å². The number of carbonyl (C=O) groups excluding carboxylic acids is 1. The average Bonchev–Trinajstić information content (AvgIpc) is 1.55. The summed E-state index contributed by atoms with van der Waals surface area (Å²) in [5.41, 5.74) is 1.22. The van der Waals surface area contributed by atoms with Gasteiger partial charge < -0.3 is 5.32 Å². The summed E-state index contributed by atoms with van der Waals surface area (Å²) >= 11 is 0. The van der Waals surface area contributed by atoms with Gasteiger partial charge in [-0.3, -0.25) is 4.79 Å². The molecule has 1 N–H and O–H groups in total. The minimum atomic E-state index is 0.154. The monoisotopic (exact) mass is 111 g/mol. The predicted molar refractivity (Wildman–Crippen MR) is 31.6 cm³/mol. The molecule has 8 heavy (non-hydrogen) atoms. The lowest BCUT2D eigenvalue weighted by Crippen LogP contribution is -2.34. The van der Waals surface area contributed by atoms with Crippen LogP contribution in [0.5, 0.6) is 0 Å². The van der Waals surface area contributed by atoms with Crippen LogP contribution in [-0.2, 0) is 4.79 Å². The lowest BCUT2D eigenvalue weighted by molar-refractivity contribution is -0.112. The summed E-state index contributed by atoms with van der Waals surface area (Å²) in [7, 11) is 0. The Kier molecular flexibility index (Phi) is 1.44. The second-order valence-electron chi connectivity index (χ2n) is 2.02. The molecule has 0 saturated carbocycles. The first kappa shape index (κ1) is 5.51. The Morgan fingerprint density at radius 1 is 1.75 bits per heavy atom. The van der Waals surface area contributed by atoms with Gasteiger partial charge in [-0.2, -0.15) is 0 Å². The van der Waals surface area contributed by atoms with Crippen molar-refractivity contribution in [2.24, 2.45) is 0 Å². The molecule has 0 aromatic carbocycles. The fraction of sp³-hybridized carbons (Fsp3) is 0.500. The number of nitrogens with one attached hydrogen (secondary N) is 1. The van der Waals surface area contributed by atoms with Gasteiger partial charge in [-0.25, -0.2) is 0 Å². The Balaban J connectivity index is 2.42. The molecule has 0 aliphatic carbocycles. The molecule has 2 nitrogen and oxygen atoms in total. The van der Waals surface area contributed by atoms with Crippen molar-refractivity contribution >= 4 is 5.78 Å². The van der Waals surface area contributed by atoms with Gasteiger partial charge in [-0.1, -0.05) is 0 Å². The van der Waals surface area contributed by atoms with Gasteiger partial charge in [0.1, 0.15) is 0 Å². The minimum Gasteiger partial charge on any atom is -0.309 e. The van der Waals surface area contributed by atoms with Crippen LogP contribution < -0.4 is 5.32 Å². The largest absolute Gasteiger partial charge is 0.309 e. The number of hydrogen-bond acceptors (Lipinski definition) is 2. The summed E-state index contributed by atoms with van der Waals surface area (Å²) in [5, 5.41) is 3.05. The van der Waals surface area contributed by atoms with Crippen LogP contribution in [0.4, 0.5) is 0 Å². The van der Waals surface area contributed by atoms with E-state index >= 15 is 0 Å². The molecule has 1 fully saturated rings. The quantitative estimate of drug-likeness (QED) is 0.486. The van der Waals surface area contributed by atoms with E-state index in [0.717, 1.165) is 13.1 Å². The van der Waals surface area contributed by atoms with Crippen LogP contribution in [0.25, 0.3) is 0 Å². The van der Waals surface area contributed by atoms with Gasteiger partial charge in [0.25, 0.3) is 0 Å². The first-order valence-electron chi connectivity index (χ1n) is 2.70. The van der Waals surface area contributed by atoms with Crippen LogP contribution in [0.3, 0.4) is 0 Å². The molecule has 1 rings (SSSR count). The van der Waals surface area contributed by atoms with Crippen LogP contribution in [-0.4, -0.2) is 18.9 Å². The van der Waals surface area contributed by atoms with Gasteiger partial charge in [0.05, 0.1) is 0 Å². The number of rotatable bonds is 1. The molecule has 1 aliphatic heterocycles. The van der Waals surface area contributed by atoms with E-state index in [-0.39, 0.29) is 5.78 Å². The highest BCUT2D eigenvalue weighted by atomic mass is 16.1. The van der Waals surface area contributed by atoms with Crippen molar-refractivity contribution in [2.75, 3.05) is 13.1 Å². The molecule has 1 aliphatic rings. The molecule has 0 atom stereocenters. The van der Waals surface area contributed by atoms with Crippen molar-refractivity contribution in [3.05, 3.63) is 11.6 Å². The fourth-order valence-electron chi connectivity index (χ4n) is 0.659. The third-order valence-corrected chi connectivity index (χ3v) is 1.11. The number of allylic oxidation sites excluding steroid dienone is 1. The van der Waals surface area contributed by atoms with E-state index in [1.807, 2.05) is 0 Å². The second-order valence-corrected chi connectivity index (χ2v) is 2.02. The van der Waals surface area contributed by atoms with E-state index < -0.39 is 0 Å². The van der Waals surface area contributed by atoms with Crippen LogP contribution in [0.2, 0.25) is 0 Å². The molecule has 44 valence electrons. The fourth-order valence-corrected chi connectivity index (χ4v) is 0.659. The Morgan fingerprint density at radius 3 is 2.50 bits per heavy atom. The number of carbonyl (C=O) groups is 1. The Labute approximate surface area is 48.6 Å². The van der Waals surface area contributed by atoms with Crippen molar-refractivity contribution in [1.29, 1.82) is 0 Å². The molecule has 0 unspecified atom stereocenters. The van der Waals surface area contributed by atoms with E-state index in [0.29, 0.717) is 0 Å². The average molecular weight is 111 g/mol. The van der Waals surface area contributed by atoms with E-state index in [9.17, 15) is 4.79 Å². The summed E-state index contributed by atoms with van der Waals surface area (Å²) in [6.07, 6.45) is 1.69. The molecule has 0 aromatic heterocycles. The van der Waals surface area contributed by atoms with Gasteiger partial charge in [0, 0.05) is 13.1 Å². The maximum atomic E-state index is 10.3. The zero-order chi connectivity index (χ0) is 5.98. The lowest BCUT2D eigenvalue weighted by Gasteiger charge is -2.17. The zero-order valence-corrected chi connectivity index (χ0v) is 4.90. The Hall–Kier alpha value is -0.630. The summed E-state index contributed by atoms with van der Waals surface area (Å²) in [6.45, 7) is 3.38. The predicted octanol–water partition coefficient (Wildman–Crippen LogP) is 0.105. The zero-order valence-electron chi connectivity index (χ0n) is 4.90. The molecule has 1 saturated heterocycles. The molecule has 1 heterocycles. The van der Waals surface area contributed by atoms with E-state index in [1.165, 1.54) is 5.57 Å². The first-order valence-corrected chi connectivity index (χ1v) is 2.70. The van der Waals surface area contributed by atoms with Gasteiger partial charge in [0.2, 0.25) is 0 Å². The van der Waals surface area contributed by atoms with Crippen LogP contribution in [0.15, 0.2) is 11.6 Å². The summed E-state index contributed by atoms with van der Waals surface area (Å²) in [6, 6.07) is 0. The number of ketones is 1. The highest BCUT2D eigenvalue weighted by Gasteiger charge is 2.06. The molecule has 0 aromatic rings. The van der Waals surface area contributed by atoms with Crippen LogP contribution in [0, 0.1) is 0 Å². The Morgan fingerprint density at radius 2 is 2.38 bits per heavy atom. The van der Waals surface area contributed by atoms with Crippen LogP contribution in [0.1, 0.15) is 6.92 Å². The van der Waals surface area contributed by atoms with Crippen molar-refractivity contribution in [3.8, 4) is 0 Å². The molecule has 0 amide bonds. The standard InChI is InChI=1S/C6H9NO/c1-5(8)2-6-3-7-4-6/h2,7H,3-4H2,1H3. The minimum absolute atomic E-state index is 0.154. The number of hydrogen-bond donors (Lipinski definition) is 1. The van der Waals surface area contributed by atoms with Crippen LogP contribution >= 0.6 is 0 Å². The maximum Gasteiger partial charge on any atom is 0.152 e. The molecule has 0 radical (unpaired) electrons. The van der Waals surface area contributed by atoms with Crippen molar-refractivity contribution < 1.29 is 4.79 Å². The second kappa shape index (κ2) is 2.09. The highest BCUT2D eigenvalue weighted by Crippen LogP contribution is 1.98. The van der Waals surface area contributed by atoms with E-state index in [2.05, 4.69) is 5.32 Å². The highest BCUT2D eigenvalue weighted by molar-refractivity contribution is 5.88. The van der Waals surface area contributed by atoms with Crippen molar-refractivity contribution in [1.82, 2.24) is 5.32 Å². The van der Waals surface area contributed by atoms with Gasteiger partial charge in [0.15, 0.2) is 5.78 Å². The van der Waals surface area contributed by atoms with E-state index in [1.54, 1.807) is 13.0 Å². The molecule has 0 spiro atoms. The molecule has 0 bridgehead atoms. The maximum absolute atomic E-state index is 10.3. The third-order valence-electron chi connectivity index (χ3n) is 1.11. The van der Waals surface area contributed by atoms with E-state index in [4.69, 9.17) is 0 Å². The normalized spacial score (nSPS) is 17.4. The SMILES string of the molecule is CC(=O)C=C1CNC1. The molecule has 2 heteroatoms. The summed E-state index contributed by atoms with van der Waals surface area (Å²) < 4.78 is 0. The molecular weight excluding hydrogens is 102 g/mol. The molecular formula is C6H9NO. The van der Waals surface area contributed by atoms with Gasteiger partial charge in [-0.05, 0) is 18.6 Å². The van der Waals surface area contributed by atoms with Gasteiger partial charge in [-0.15, -0.1) is 0 Å². The third kappa shape index (κ3) is 1.17. The summed E-state index contributed by atoms with van der Waals surface area (Å²) in [5.74, 6) is 0.154. The summed E-state index contributed by atoms with van der Waals surface area (Å²) in [4.78, 5) is 10.3. The topological polar surface area (TPSA) is 29.1 Å².